The monoisotopic (exact) mass is 439 g/mol. The number of hydrogen-bond donors (Lipinski definition) is 0. The second kappa shape index (κ2) is 8.25. The third kappa shape index (κ3) is 3.96. The van der Waals surface area contributed by atoms with E-state index in [2.05, 4.69) is 0 Å². The van der Waals surface area contributed by atoms with E-state index in [-0.39, 0.29) is 16.5 Å². The third-order valence-corrected chi connectivity index (χ3v) is 7.11. The molecule has 0 amide bonds. The van der Waals surface area contributed by atoms with Gasteiger partial charge in [0, 0.05) is 16.6 Å². The molecule has 8 heteroatoms. The first-order chi connectivity index (χ1) is 13.3. The highest BCUT2D eigenvalue weighted by Gasteiger charge is 2.42. The minimum Gasteiger partial charge on any atom is -0.468 e. The van der Waals surface area contributed by atoms with Gasteiger partial charge in [-0.1, -0.05) is 59.1 Å². The van der Waals surface area contributed by atoms with Crippen molar-refractivity contribution in [1.82, 2.24) is 4.31 Å². The lowest BCUT2D eigenvalue weighted by Gasteiger charge is -2.30. The van der Waals surface area contributed by atoms with Crippen LogP contribution in [0.3, 0.4) is 0 Å². The number of benzene rings is 2. The van der Waals surface area contributed by atoms with E-state index >= 15 is 0 Å². The van der Waals surface area contributed by atoms with Gasteiger partial charge in [-0.15, -0.1) is 0 Å². The Bertz CT molecular complexity index is 1020. The van der Waals surface area contributed by atoms with E-state index in [1.165, 1.54) is 17.5 Å². The molecule has 0 bridgehead atoms. The number of aryl methyl sites for hydroxylation is 1. The van der Waals surface area contributed by atoms with Crippen molar-refractivity contribution < 1.29 is 17.9 Å². The standard InChI is InChI=1S/C20H19Cl2NO4S/c1-13-5-8-15(9-6-13)28(25,26)23-11-3-4-18(23)19(20(24)27-2)16-10-7-14(21)12-17(16)22/h3-10,12,18-19H,11H2,1-2H3/t18-,19-/m1/s1. The molecule has 2 atom stereocenters. The number of nitrogens with zero attached hydrogens (tertiary/aromatic N) is 1. The Kier molecular flexibility index (Phi) is 6.15. The Morgan fingerprint density at radius 2 is 1.86 bits per heavy atom. The van der Waals surface area contributed by atoms with Crippen LogP contribution < -0.4 is 0 Å². The fourth-order valence-corrected chi connectivity index (χ4v) is 5.31. The van der Waals surface area contributed by atoms with Gasteiger partial charge in [0.1, 0.15) is 5.92 Å². The first-order valence-corrected chi connectivity index (χ1v) is 10.7. The van der Waals surface area contributed by atoms with E-state index in [1.54, 1.807) is 48.6 Å². The van der Waals surface area contributed by atoms with Crippen LogP contribution in [0.25, 0.3) is 0 Å². The molecule has 0 fully saturated rings. The summed E-state index contributed by atoms with van der Waals surface area (Å²) < 4.78 is 32.7. The zero-order valence-electron chi connectivity index (χ0n) is 15.3. The Hall–Kier alpha value is -1.86. The van der Waals surface area contributed by atoms with Crippen molar-refractivity contribution in [2.45, 2.75) is 23.8 Å². The smallest absolute Gasteiger partial charge is 0.315 e. The van der Waals surface area contributed by atoms with Gasteiger partial charge < -0.3 is 4.74 Å². The highest BCUT2D eigenvalue weighted by molar-refractivity contribution is 7.89. The minimum atomic E-state index is -3.83. The molecule has 3 rings (SSSR count). The van der Waals surface area contributed by atoms with Crippen molar-refractivity contribution >= 4 is 39.2 Å². The van der Waals surface area contributed by atoms with Gasteiger partial charge in [-0.05, 0) is 36.8 Å². The van der Waals surface area contributed by atoms with Crippen molar-refractivity contribution in [2.24, 2.45) is 0 Å². The molecule has 5 nitrogen and oxygen atoms in total. The maximum absolute atomic E-state index is 13.2. The average Bonchev–Trinajstić information content (AvgIpc) is 3.14. The molecule has 28 heavy (non-hydrogen) atoms. The maximum atomic E-state index is 13.2. The van der Waals surface area contributed by atoms with E-state index in [4.69, 9.17) is 27.9 Å². The molecular weight excluding hydrogens is 421 g/mol. The third-order valence-electron chi connectivity index (χ3n) is 4.67. The van der Waals surface area contributed by atoms with E-state index in [1.807, 2.05) is 6.92 Å². The molecule has 2 aromatic carbocycles. The fraction of sp³-hybridized carbons (Fsp3) is 0.250. The molecule has 0 unspecified atom stereocenters. The number of sulfonamides is 1. The van der Waals surface area contributed by atoms with Gasteiger partial charge in [0.05, 0.1) is 18.0 Å². The van der Waals surface area contributed by atoms with Gasteiger partial charge in [0.2, 0.25) is 10.0 Å². The predicted molar refractivity (Wildman–Crippen MR) is 109 cm³/mol. The number of rotatable bonds is 5. The van der Waals surface area contributed by atoms with Crippen molar-refractivity contribution in [3.8, 4) is 0 Å². The lowest BCUT2D eigenvalue weighted by molar-refractivity contribution is -0.143. The molecule has 0 saturated heterocycles. The van der Waals surface area contributed by atoms with Crippen molar-refractivity contribution in [3.63, 3.8) is 0 Å². The molecule has 0 saturated carbocycles. The molecule has 0 aliphatic carbocycles. The number of carbonyl (C=O) groups excluding carboxylic acids is 1. The molecule has 1 aliphatic rings. The summed E-state index contributed by atoms with van der Waals surface area (Å²) in [6.45, 7) is 2.03. The van der Waals surface area contributed by atoms with Gasteiger partial charge >= 0.3 is 5.97 Å². The second-order valence-electron chi connectivity index (χ2n) is 6.47. The highest BCUT2D eigenvalue weighted by atomic mass is 35.5. The summed E-state index contributed by atoms with van der Waals surface area (Å²) in [5.74, 6) is -1.50. The summed E-state index contributed by atoms with van der Waals surface area (Å²) in [5.41, 5.74) is 1.41. The van der Waals surface area contributed by atoms with E-state index in [9.17, 15) is 13.2 Å². The molecule has 1 aliphatic heterocycles. The number of methoxy groups -OCH3 is 1. The van der Waals surface area contributed by atoms with E-state index in [0.717, 1.165) is 5.56 Å². The molecule has 0 aromatic heterocycles. The van der Waals surface area contributed by atoms with Crippen LogP contribution in [0.4, 0.5) is 0 Å². The Morgan fingerprint density at radius 3 is 2.46 bits per heavy atom. The quantitative estimate of drug-likeness (QED) is 0.517. The lowest BCUT2D eigenvalue weighted by Crippen LogP contribution is -2.42. The Morgan fingerprint density at radius 1 is 1.18 bits per heavy atom. The van der Waals surface area contributed by atoms with Crippen LogP contribution in [-0.4, -0.2) is 38.4 Å². The average molecular weight is 440 g/mol. The summed E-state index contributed by atoms with van der Waals surface area (Å²) in [6.07, 6.45) is 3.41. The molecule has 1 heterocycles. The number of hydrogen-bond acceptors (Lipinski definition) is 4. The van der Waals surface area contributed by atoms with Crippen molar-refractivity contribution in [2.75, 3.05) is 13.7 Å². The number of ether oxygens (including phenoxy) is 1. The van der Waals surface area contributed by atoms with Crippen LogP contribution in [0.15, 0.2) is 59.5 Å². The van der Waals surface area contributed by atoms with Crippen LogP contribution >= 0.6 is 23.2 Å². The SMILES string of the molecule is COC(=O)[C@H](c1ccc(Cl)cc1Cl)[C@H]1C=CCN1S(=O)(=O)c1ccc(C)cc1. The fourth-order valence-electron chi connectivity index (χ4n) is 3.23. The molecular formula is C20H19Cl2NO4S. The molecule has 2 aromatic rings. The van der Waals surface area contributed by atoms with Crippen molar-refractivity contribution in [3.05, 3.63) is 75.8 Å². The van der Waals surface area contributed by atoms with Gasteiger partial charge in [-0.25, -0.2) is 8.42 Å². The normalized spacial score (nSPS) is 18.2. The zero-order chi connectivity index (χ0) is 20.5. The zero-order valence-corrected chi connectivity index (χ0v) is 17.6. The summed E-state index contributed by atoms with van der Waals surface area (Å²) in [4.78, 5) is 12.8. The molecule has 0 N–H and O–H groups in total. The second-order valence-corrected chi connectivity index (χ2v) is 9.21. The largest absolute Gasteiger partial charge is 0.468 e. The van der Waals surface area contributed by atoms with Gasteiger partial charge in [-0.3, -0.25) is 4.79 Å². The molecule has 0 radical (unpaired) electrons. The predicted octanol–water partition coefficient (Wildman–Crippen LogP) is 4.19. The van der Waals surface area contributed by atoms with Crippen LogP contribution in [-0.2, 0) is 19.6 Å². The summed E-state index contributed by atoms with van der Waals surface area (Å²) in [5, 5.41) is 0.694. The number of esters is 1. The van der Waals surface area contributed by atoms with E-state index < -0.39 is 28.0 Å². The lowest BCUT2D eigenvalue weighted by atomic mass is 9.92. The van der Waals surface area contributed by atoms with Crippen molar-refractivity contribution in [1.29, 1.82) is 0 Å². The van der Waals surface area contributed by atoms with Gasteiger partial charge in [0.25, 0.3) is 0 Å². The van der Waals surface area contributed by atoms with Crippen LogP contribution in [0.2, 0.25) is 10.0 Å². The molecule has 148 valence electrons. The van der Waals surface area contributed by atoms with E-state index in [0.29, 0.717) is 10.6 Å². The van der Waals surface area contributed by atoms with Gasteiger partial charge in [0.15, 0.2) is 0 Å². The summed E-state index contributed by atoms with van der Waals surface area (Å²) in [6, 6.07) is 10.6. The summed E-state index contributed by atoms with van der Waals surface area (Å²) in [7, 11) is -2.57. The Balaban J connectivity index is 2.05. The van der Waals surface area contributed by atoms with Crippen LogP contribution in [0.1, 0.15) is 17.0 Å². The minimum absolute atomic E-state index is 0.152. The number of halogens is 2. The Labute approximate surface area is 174 Å². The first kappa shape index (κ1) is 20.9. The van der Waals surface area contributed by atoms with Gasteiger partial charge in [-0.2, -0.15) is 4.31 Å². The van der Waals surface area contributed by atoms with Crippen LogP contribution in [0.5, 0.6) is 0 Å². The van der Waals surface area contributed by atoms with Crippen LogP contribution in [0, 0.1) is 6.92 Å². The topological polar surface area (TPSA) is 63.7 Å². The highest BCUT2D eigenvalue weighted by Crippen LogP contribution is 2.36. The first-order valence-electron chi connectivity index (χ1n) is 8.53. The molecule has 0 spiro atoms. The maximum Gasteiger partial charge on any atom is 0.315 e. The summed E-state index contributed by atoms with van der Waals surface area (Å²) >= 11 is 12.3. The number of carbonyl (C=O) groups is 1.